The van der Waals surface area contributed by atoms with Gasteiger partial charge in [0.15, 0.2) is 12.7 Å². The zero-order valence-corrected chi connectivity index (χ0v) is 25.0. The van der Waals surface area contributed by atoms with Gasteiger partial charge in [-0.1, -0.05) is 126 Å². The Morgan fingerprint density at radius 1 is 0.675 bits per heavy atom. The average Bonchev–Trinajstić information content (AvgIpc) is 2.97. The first-order chi connectivity index (χ1) is 19.7. The summed E-state index contributed by atoms with van der Waals surface area (Å²) >= 11 is 0. The molecule has 0 atom stereocenters. The molecule has 40 heavy (non-hydrogen) atoms. The summed E-state index contributed by atoms with van der Waals surface area (Å²) in [6.45, 7) is 6.63. The first kappa shape index (κ1) is 31.4. The number of hydrogen-bond donors (Lipinski definition) is 0. The van der Waals surface area contributed by atoms with Crippen molar-refractivity contribution in [1.29, 1.82) is 0 Å². The Labute approximate surface area is 243 Å². The minimum atomic E-state index is 0.0717. The highest BCUT2D eigenvalue weighted by Gasteiger charge is 2.17. The van der Waals surface area contributed by atoms with Crippen LogP contribution in [0.2, 0.25) is 0 Å². The third kappa shape index (κ3) is 12.4. The third-order valence-electron chi connectivity index (χ3n) is 7.59. The minimum Gasteiger partial charge on any atom is -0.494 e. The summed E-state index contributed by atoms with van der Waals surface area (Å²) in [6.07, 6.45) is 18.3. The van der Waals surface area contributed by atoms with Crippen LogP contribution in [0.15, 0.2) is 79.0 Å². The summed E-state index contributed by atoms with van der Waals surface area (Å²) in [5.41, 5.74) is 3.47. The second-order valence-corrected chi connectivity index (χ2v) is 11.1. The van der Waals surface area contributed by atoms with Gasteiger partial charge in [-0.3, -0.25) is 4.79 Å². The summed E-state index contributed by atoms with van der Waals surface area (Å²) < 4.78 is 8.21. The third-order valence-corrected chi connectivity index (χ3v) is 7.59. The molecular formula is C36H51N2O2+. The molecule has 4 heteroatoms. The molecule has 0 aliphatic rings. The second-order valence-electron chi connectivity index (χ2n) is 11.1. The van der Waals surface area contributed by atoms with Crippen molar-refractivity contribution in [2.45, 2.75) is 111 Å². The maximum absolute atomic E-state index is 12.5. The van der Waals surface area contributed by atoms with Gasteiger partial charge < -0.3 is 9.64 Å². The summed E-state index contributed by atoms with van der Waals surface area (Å²) in [5.74, 6) is 0.979. The molecule has 0 aliphatic carbocycles. The van der Waals surface area contributed by atoms with E-state index in [4.69, 9.17) is 4.74 Å². The molecule has 4 nitrogen and oxygen atoms in total. The molecule has 3 aromatic rings. The molecule has 2 aromatic carbocycles. The van der Waals surface area contributed by atoms with Crippen molar-refractivity contribution in [2.75, 3.05) is 6.61 Å². The van der Waals surface area contributed by atoms with Crippen LogP contribution in [0.3, 0.4) is 0 Å². The number of benzene rings is 2. The minimum absolute atomic E-state index is 0.0717. The predicted molar refractivity (Wildman–Crippen MR) is 165 cm³/mol. The molecule has 0 aliphatic heterocycles. The Morgan fingerprint density at radius 2 is 1.27 bits per heavy atom. The molecular weight excluding hydrogens is 492 g/mol. The maximum atomic E-state index is 12.5. The van der Waals surface area contributed by atoms with Crippen LogP contribution in [0.1, 0.15) is 108 Å². The molecule has 1 aromatic heterocycles. The topological polar surface area (TPSA) is 33.4 Å². The summed E-state index contributed by atoms with van der Waals surface area (Å²) in [5, 5.41) is 0. The zero-order chi connectivity index (χ0) is 28.3. The van der Waals surface area contributed by atoms with Crippen molar-refractivity contribution >= 4 is 5.91 Å². The molecule has 0 saturated carbocycles. The van der Waals surface area contributed by atoms with Crippen molar-refractivity contribution in [3.8, 4) is 5.75 Å². The summed E-state index contributed by atoms with van der Waals surface area (Å²) in [4.78, 5) is 14.4. The second kappa shape index (κ2) is 19.0. The number of hydrogen-bond acceptors (Lipinski definition) is 2. The highest BCUT2D eigenvalue weighted by molar-refractivity contribution is 5.73. The van der Waals surface area contributed by atoms with Gasteiger partial charge in [-0.25, -0.2) is 0 Å². The van der Waals surface area contributed by atoms with Crippen LogP contribution in [0.25, 0.3) is 0 Å². The molecule has 0 N–H and O–H groups in total. The smallest absolute Gasteiger partial charge is 0.220 e. The van der Waals surface area contributed by atoms with Crippen molar-refractivity contribution in [1.82, 2.24) is 4.90 Å². The van der Waals surface area contributed by atoms with Crippen LogP contribution in [0.4, 0.5) is 0 Å². The van der Waals surface area contributed by atoms with E-state index in [-0.39, 0.29) is 5.91 Å². The van der Waals surface area contributed by atoms with E-state index < -0.39 is 0 Å². The molecule has 1 amide bonds. The fourth-order valence-corrected chi connectivity index (χ4v) is 5.11. The van der Waals surface area contributed by atoms with E-state index in [2.05, 4.69) is 60.2 Å². The average molecular weight is 544 g/mol. The number of ether oxygens (including phenoxy) is 1. The summed E-state index contributed by atoms with van der Waals surface area (Å²) in [7, 11) is 0. The molecule has 0 saturated heterocycles. The summed E-state index contributed by atoms with van der Waals surface area (Å²) in [6, 6.07) is 24.8. The van der Waals surface area contributed by atoms with Gasteiger partial charge in [0, 0.05) is 31.2 Å². The lowest BCUT2D eigenvalue weighted by molar-refractivity contribution is -0.696. The maximum Gasteiger partial charge on any atom is 0.220 e. The normalized spacial score (nSPS) is 10.9. The van der Waals surface area contributed by atoms with Crippen molar-refractivity contribution in [2.24, 2.45) is 0 Å². The lowest BCUT2D eigenvalue weighted by Gasteiger charge is -2.20. The van der Waals surface area contributed by atoms with Crippen molar-refractivity contribution < 1.29 is 14.1 Å². The van der Waals surface area contributed by atoms with Gasteiger partial charge in [0.05, 0.1) is 6.61 Å². The first-order valence-corrected chi connectivity index (χ1v) is 15.6. The number of carbonyl (C=O) groups is 1. The molecule has 3 rings (SSSR count). The molecule has 0 spiro atoms. The lowest BCUT2D eigenvalue weighted by atomic mass is 10.1. The van der Waals surface area contributed by atoms with E-state index in [9.17, 15) is 4.79 Å². The van der Waals surface area contributed by atoms with Crippen LogP contribution in [-0.2, 0) is 24.4 Å². The number of nitrogens with zero attached hydrogens (tertiary/aromatic N) is 2. The number of aromatic nitrogens is 1. The van der Waals surface area contributed by atoms with Crippen molar-refractivity contribution in [3.63, 3.8) is 0 Å². The zero-order valence-electron chi connectivity index (χ0n) is 25.0. The lowest BCUT2D eigenvalue weighted by Crippen LogP contribution is -2.42. The quantitative estimate of drug-likeness (QED) is 0.106. The monoisotopic (exact) mass is 543 g/mol. The van der Waals surface area contributed by atoms with Crippen LogP contribution < -0.4 is 9.30 Å². The van der Waals surface area contributed by atoms with Crippen molar-refractivity contribution in [3.05, 3.63) is 95.8 Å². The highest BCUT2D eigenvalue weighted by Crippen LogP contribution is 2.17. The van der Waals surface area contributed by atoms with Gasteiger partial charge in [-0.2, -0.15) is 4.57 Å². The Bertz CT molecular complexity index is 1080. The largest absolute Gasteiger partial charge is 0.494 e. The van der Waals surface area contributed by atoms with Gasteiger partial charge in [0.25, 0.3) is 0 Å². The van der Waals surface area contributed by atoms with Gasteiger partial charge in [0.1, 0.15) is 12.3 Å². The van der Waals surface area contributed by atoms with Crippen LogP contribution >= 0.6 is 0 Å². The molecule has 216 valence electrons. The highest BCUT2D eigenvalue weighted by atomic mass is 16.5. The Hall–Kier alpha value is -3.14. The SMILES string of the molecule is CCCCCCCCCCCCCCOc1ccc(CN(Cc2cccc[n+]2Cc2ccccc2)C(C)=O)cc1. The van der Waals surface area contributed by atoms with E-state index in [0.717, 1.165) is 36.6 Å². The van der Waals surface area contributed by atoms with E-state index in [1.165, 1.54) is 76.2 Å². The van der Waals surface area contributed by atoms with E-state index >= 15 is 0 Å². The fraction of sp³-hybridized carbons (Fsp3) is 0.500. The van der Waals surface area contributed by atoms with Gasteiger partial charge in [-0.05, 0) is 24.1 Å². The first-order valence-electron chi connectivity index (χ1n) is 15.6. The number of rotatable bonds is 20. The number of carbonyl (C=O) groups excluding carboxylic acids is 1. The Balaban J connectivity index is 1.35. The molecule has 0 radical (unpaired) electrons. The van der Waals surface area contributed by atoms with Crippen LogP contribution in [0.5, 0.6) is 5.75 Å². The Morgan fingerprint density at radius 3 is 1.90 bits per heavy atom. The van der Waals surface area contributed by atoms with Gasteiger partial charge in [-0.15, -0.1) is 0 Å². The number of pyridine rings is 1. The standard InChI is InChI=1S/C36H51N2O2/c1-3-4-5-6-7-8-9-10-11-12-13-19-28-40-36-25-23-34(24-26-36)30-38(32(2)39)31-35-22-17-18-27-37(35)29-33-20-15-14-16-21-33/h14-18,20-27H,3-13,19,28-31H2,1-2H3/q+1. The number of amides is 1. The molecule has 0 bridgehead atoms. The van der Waals surface area contributed by atoms with Crippen LogP contribution in [-0.4, -0.2) is 17.4 Å². The Kier molecular flexibility index (Phi) is 14.9. The van der Waals surface area contributed by atoms with E-state index in [1.54, 1.807) is 6.92 Å². The van der Waals surface area contributed by atoms with Crippen LogP contribution in [0, 0.1) is 0 Å². The van der Waals surface area contributed by atoms with E-state index in [0.29, 0.717) is 13.1 Å². The molecule has 1 heterocycles. The number of unbranched alkanes of at least 4 members (excludes halogenated alkanes) is 11. The molecule has 0 unspecified atom stereocenters. The molecule has 0 fully saturated rings. The van der Waals surface area contributed by atoms with Gasteiger partial charge in [0.2, 0.25) is 11.6 Å². The fourth-order valence-electron chi connectivity index (χ4n) is 5.11. The van der Waals surface area contributed by atoms with E-state index in [1.807, 2.05) is 35.2 Å². The predicted octanol–water partition coefficient (Wildman–Crippen LogP) is 8.65. The van der Waals surface area contributed by atoms with Gasteiger partial charge >= 0.3 is 0 Å².